The average Bonchev–Trinajstić information content (AvgIpc) is 2.36. The normalized spacial score (nSPS) is 14.6. The van der Waals surface area contributed by atoms with Gasteiger partial charge in [-0.15, -0.1) is 0 Å². The predicted molar refractivity (Wildman–Crippen MR) is 89.5 cm³/mol. The van der Waals surface area contributed by atoms with Crippen molar-refractivity contribution < 1.29 is 4.55 Å². The van der Waals surface area contributed by atoms with E-state index in [1.165, 1.54) is 0 Å². The molecule has 0 aliphatic rings. The number of hydrogen-bond donors (Lipinski definition) is 0. The molecular weight excluding hydrogens is 336 g/mol. The second-order valence-corrected chi connectivity index (χ2v) is 8.39. The third kappa shape index (κ3) is 3.59. The maximum absolute atomic E-state index is 12.1. The van der Waals surface area contributed by atoms with E-state index in [1.54, 1.807) is 0 Å². The second kappa shape index (κ2) is 5.84. The van der Waals surface area contributed by atoms with Crippen LogP contribution in [0.15, 0.2) is 39.2 Å². The maximum atomic E-state index is 12.1. The van der Waals surface area contributed by atoms with Crippen LogP contribution in [0, 0.1) is 0 Å². The largest absolute Gasteiger partial charge is 0.591 e. The summed E-state index contributed by atoms with van der Waals surface area (Å²) < 4.78 is 16.9. The zero-order valence-electron chi connectivity index (χ0n) is 12.0. The summed E-state index contributed by atoms with van der Waals surface area (Å²) in [5.41, 5.74) is 2.35. The van der Waals surface area contributed by atoms with Crippen molar-refractivity contribution in [3.05, 3.63) is 40.5 Å². The lowest BCUT2D eigenvalue weighted by molar-refractivity contribution is 0.561. The third-order valence-corrected chi connectivity index (χ3v) is 4.75. The summed E-state index contributed by atoms with van der Waals surface area (Å²) in [7, 11) is 0. The molecule has 0 saturated heterocycles. The van der Waals surface area contributed by atoms with E-state index in [2.05, 4.69) is 25.3 Å². The van der Waals surface area contributed by atoms with E-state index in [0.717, 1.165) is 21.1 Å². The van der Waals surface area contributed by atoms with Crippen molar-refractivity contribution in [3.8, 4) is 0 Å². The smallest absolute Gasteiger partial charge is 0.144 e. The number of nitrogens with zero attached hydrogens (tertiary/aromatic N) is 2. The van der Waals surface area contributed by atoms with Gasteiger partial charge < -0.3 is 4.55 Å². The fourth-order valence-corrected chi connectivity index (χ4v) is 2.57. The van der Waals surface area contributed by atoms with E-state index in [1.807, 2.05) is 58.0 Å². The topological polar surface area (TPSA) is 48.3 Å². The molecule has 1 aromatic carbocycles. The maximum Gasteiger partial charge on any atom is 0.144 e. The lowest BCUT2D eigenvalue weighted by Gasteiger charge is -2.18. The molecule has 20 heavy (non-hydrogen) atoms. The van der Waals surface area contributed by atoms with Crippen LogP contribution in [0.2, 0.25) is 0 Å². The van der Waals surface area contributed by atoms with Crippen LogP contribution in [-0.2, 0) is 11.4 Å². The Morgan fingerprint density at radius 3 is 2.55 bits per heavy atom. The van der Waals surface area contributed by atoms with E-state index in [-0.39, 0.29) is 4.75 Å². The Hall–Kier alpha value is -0.910. The monoisotopic (exact) mass is 352 g/mol. The third-order valence-electron chi connectivity index (χ3n) is 2.77. The van der Waals surface area contributed by atoms with Crippen molar-refractivity contribution in [2.75, 3.05) is 0 Å². The number of aromatic nitrogens is 1. The molecule has 0 spiro atoms. The summed E-state index contributed by atoms with van der Waals surface area (Å²) in [4.78, 5) is 4.58. The molecule has 0 aliphatic carbocycles. The van der Waals surface area contributed by atoms with Crippen molar-refractivity contribution in [3.63, 3.8) is 0 Å². The van der Waals surface area contributed by atoms with E-state index in [4.69, 9.17) is 0 Å². The van der Waals surface area contributed by atoms with Gasteiger partial charge in [0.25, 0.3) is 0 Å². The molecule has 5 heteroatoms. The first-order valence-corrected chi connectivity index (χ1v) is 8.21. The van der Waals surface area contributed by atoms with Gasteiger partial charge in [-0.3, -0.25) is 0 Å². The fourth-order valence-electron chi connectivity index (χ4n) is 1.60. The van der Waals surface area contributed by atoms with Gasteiger partial charge in [-0.1, -0.05) is 32.5 Å². The Morgan fingerprint density at radius 1 is 1.25 bits per heavy atom. The molecular formula is C15H17BrN2OS. The van der Waals surface area contributed by atoms with Crippen LogP contribution < -0.4 is 0 Å². The first-order valence-electron chi connectivity index (χ1n) is 6.31. The minimum Gasteiger partial charge on any atom is -0.591 e. The number of benzene rings is 1. The van der Waals surface area contributed by atoms with Gasteiger partial charge in [0.15, 0.2) is 0 Å². The molecule has 2 rings (SSSR count). The van der Waals surface area contributed by atoms with Gasteiger partial charge >= 0.3 is 0 Å². The van der Waals surface area contributed by atoms with Crippen LogP contribution >= 0.6 is 15.9 Å². The van der Waals surface area contributed by atoms with Gasteiger partial charge in [0.2, 0.25) is 0 Å². The number of rotatable bonds is 2. The van der Waals surface area contributed by atoms with Crippen LogP contribution in [0.1, 0.15) is 33.4 Å². The molecule has 0 aliphatic heterocycles. The van der Waals surface area contributed by atoms with Gasteiger partial charge in [0.05, 0.1) is 11.2 Å². The molecule has 0 fully saturated rings. The zero-order chi connectivity index (χ0) is 14.9. The van der Waals surface area contributed by atoms with Gasteiger partial charge in [0, 0.05) is 9.86 Å². The first kappa shape index (κ1) is 15.5. The van der Waals surface area contributed by atoms with Crippen molar-refractivity contribution in [1.29, 1.82) is 0 Å². The van der Waals surface area contributed by atoms with Crippen molar-refractivity contribution in [2.24, 2.45) is 4.40 Å². The lowest BCUT2D eigenvalue weighted by atomic mass is 10.2. The minimum absolute atomic E-state index is 0.360. The molecule has 1 aromatic heterocycles. The Balaban J connectivity index is 2.40. The van der Waals surface area contributed by atoms with Gasteiger partial charge in [-0.2, -0.15) is 0 Å². The molecule has 0 saturated carbocycles. The summed E-state index contributed by atoms with van der Waals surface area (Å²) in [6.07, 6.45) is 0. The number of fused-ring (bicyclic) bond motifs is 1. The summed E-state index contributed by atoms with van der Waals surface area (Å²) in [6, 6.07) is 9.88. The molecule has 106 valence electrons. The highest BCUT2D eigenvalue weighted by Crippen LogP contribution is 2.20. The summed E-state index contributed by atoms with van der Waals surface area (Å²) in [5.74, 6) is 0. The molecule has 0 bridgehead atoms. The number of pyridine rings is 1. The minimum atomic E-state index is -1.27. The Bertz CT molecular complexity index is 664. The average molecular weight is 353 g/mol. The quantitative estimate of drug-likeness (QED) is 0.598. The van der Waals surface area contributed by atoms with Gasteiger partial charge in [-0.25, -0.2) is 4.98 Å². The SMILES string of the molecule is C/C(=N\[S@+]([O-])C(C)(C)C)c1ccc2ccc(Br)cc2n1. The summed E-state index contributed by atoms with van der Waals surface area (Å²) >= 11 is 2.17. The molecule has 0 unspecified atom stereocenters. The Morgan fingerprint density at radius 2 is 1.90 bits per heavy atom. The van der Waals surface area contributed by atoms with Gasteiger partial charge in [-0.05, 0) is 45.9 Å². The molecule has 3 nitrogen and oxygen atoms in total. The van der Waals surface area contributed by atoms with E-state index < -0.39 is 11.4 Å². The Labute approximate surface area is 131 Å². The van der Waals surface area contributed by atoms with Crippen molar-refractivity contribution in [1.82, 2.24) is 4.98 Å². The molecule has 0 amide bonds. The lowest BCUT2D eigenvalue weighted by Crippen LogP contribution is -2.26. The predicted octanol–water partition coefficient (Wildman–Crippen LogP) is 4.27. The highest BCUT2D eigenvalue weighted by atomic mass is 79.9. The molecule has 1 atom stereocenters. The number of hydrogen-bond acceptors (Lipinski definition) is 3. The summed E-state index contributed by atoms with van der Waals surface area (Å²) in [5, 5.41) is 1.07. The van der Waals surface area contributed by atoms with Crippen LogP contribution in [0.3, 0.4) is 0 Å². The molecule has 2 aromatic rings. The van der Waals surface area contributed by atoms with Crippen LogP contribution in [-0.4, -0.2) is 20.0 Å². The van der Waals surface area contributed by atoms with Crippen LogP contribution in [0.4, 0.5) is 0 Å². The molecule has 0 radical (unpaired) electrons. The van der Waals surface area contributed by atoms with Gasteiger partial charge in [0.1, 0.15) is 21.8 Å². The first-order chi connectivity index (χ1) is 9.27. The van der Waals surface area contributed by atoms with Crippen molar-refractivity contribution >= 4 is 43.9 Å². The molecule has 0 N–H and O–H groups in total. The zero-order valence-corrected chi connectivity index (χ0v) is 14.4. The van der Waals surface area contributed by atoms with E-state index in [9.17, 15) is 4.55 Å². The number of halogens is 1. The van der Waals surface area contributed by atoms with Crippen LogP contribution in [0.5, 0.6) is 0 Å². The standard InChI is InChI=1S/C15H17BrN2OS/c1-10(18-20(19)15(2,3)4)13-8-6-11-5-7-12(16)9-14(11)17-13/h5-9H,1-4H3/b18-10+/t20-/m1/s1. The van der Waals surface area contributed by atoms with Crippen molar-refractivity contribution in [2.45, 2.75) is 32.4 Å². The Kier molecular flexibility index (Phi) is 4.52. The van der Waals surface area contributed by atoms with E-state index in [0.29, 0.717) is 5.71 Å². The van der Waals surface area contributed by atoms with Crippen LogP contribution in [0.25, 0.3) is 10.9 Å². The fraction of sp³-hybridized carbons (Fsp3) is 0.333. The molecule has 1 heterocycles. The highest BCUT2D eigenvalue weighted by Gasteiger charge is 2.26. The van der Waals surface area contributed by atoms with E-state index >= 15 is 0 Å². The second-order valence-electron chi connectivity index (χ2n) is 5.57. The highest BCUT2D eigenvalue weighted by molar-refractivity contribution is 9.10. The summed E-state index contributed by atoms with van der Waals surface area (Å²) in [6.45, 7) is 7.57.